The number of hydrogen-bond acceptors (Lipinski definition) is 2. The fraction of sp³-hybridized carbons (Fsp3) is 0.846. The monoisotopic (exact) mass is 221 g/mol. The Labute approximate surface area is 96.2 Å². The van der Waals surface area contributed by atoms with Crippen molar-refractivity contribution >= 4 is 11.7 Å². The lowest BCUT2D eigenvalue weighted by molar-refractivity contribution is -0.145. The van der Waals surface area contributed by atoms with E-state index >= 15 is 0 Å². The molecule has 4 fully saturated rings. The minimum Gasteiger partial charge on any atom is -0.338 e. The van der Waals surface area contributed by atoms with Crippen LogP contribution in [0.1, 0.15) is 39.0 Å². The second-order valence-corrected chi connectivity index (χ2v) is 5.62. The molecule has 3 nitrogen and oxygen atoms in total. The third-order valence-corrected chi connectivity index (χ3v) is 4.78. The molecule has 3 heteroatoms. The SMILES string of the molecule is CCC1CC2CC3C(=O)CCC(=O)N(C2)C13. The Bertz CT molecular complexity index is 313. The van der Waals surface area contributed by atoms with Gasteiger partial charge in [0, 0.05) is 31.3 Å². The minimum absolute atomic E-state index is 0.170. The molecule has 1 amide bonds. The van der Waals surface area contributed by atoms with Gasteiger partial charge in [0.25, 0.3) is 0 Å². The third kappa shape index (κ3) is 1.33. The molecule has 0 aromatic carbocycles. The molecule has 3 saturated heterocycles. The smallest absolute Gasteiger partial charge is 0.223 e. The van der Waals surface area contributed by atoms with E-state index < -0.39 is 0 Å². The van der Waals surface area contributed by atoms with Crippen LogP contribution in [0.2, 0.25) is 0 Å². The van der Waals surface area contributed by atoms with Gasteiger partial charge in [-0.3, -0.25) is 9.59 Å². The molecule has 0 aromatic rings. The fourth-order valence-electron chi connectivity index (χ4n) is 4.07. The van der Waals surface area contributed by atoms with Gasteiger partial charge in [-0.15, -0.1) is 0 Å². The maximum Gasteiger partial charge on any atom is 0.223 e. The van der Waals surface area contributed by atoms with Gasteiger partial charge in [0.05, 0.1) is 0 Å². The van der Waals surface area contributed by atoms with Gasteiger partial charge < -0.3 is 4.90 Å². The lowest BCUT2D eigenvalue weighted by atomic mass is 9.65. The molecule has 3 aliphatic heterocycles. The van der Waals surface area contributed by atoms with Crippen molar-refractivity contribution in [2.24, 2.45) is 17.8 Å². The molecule has 4 bridgehead atoms. The van der Waals surface area contributed by atoms with Gasteiger partial charge in [-0.05, 0) is 24.7 Å². The van der Waals surface area contributed by atoms with Crippen LogP contribution in [0, 0.1) is 17.8 Å². The summed E-state index contributed by atoms with van der Waals surface area (Å²) < 4.78 is 0. The molecule has 4 unspecified atom stereocenters. The Morgan fingerprint density at radius 1 is 1.25 bits per heavy atom. The van der Waals surface area contributed by atoms with E-state index in [0.29, 0.717) is 30.5 Å². The molecule has 4 atom stereocenters. The number of fused-ring (bicyclic) bond motifs is 1. The first-order chi connectivity index (χ1) is 7.70. The lowest BCUT2D eigenvalue weighted by Gasteiger charge is -2.52. The molecule has 88 valence electrons. The fourth-order valence-corrected chi connectivity index (χ4v) is 4.07. The molecule has 0 radical (unpaired) electrons. The van der Waals surface area contributed by atoms with Gasteiger partial charge in [0.2, 0.25) is 5.91 Å². The topological polar surface area (TPSA) is 37.4 Å². The van der Waals surface area contributed by atoms with E-state index in [2.05, 4.69) is 6.92 Å². The van der Waals surface area contributed by atoms with Crippen LogP contribution in [0.15, 0.2) is 0 Å². The molecule has 0 spiro atoms. The summed E-state index contributed by atoms with van der Waals surface area (Å²) in [7, 11) is 0. The molecule has 1 saturated carbocycles. The van der Waals surface area contributed by atoms with Crippen LogP contribution in [0.4, 0.5) is 0 Å². The van der Waals surface area contributed by atoms with E-state index in [1.807, 2.05) is 4.90 Å². The van der Waals surface area contributed by atoms with Gasteiger partial charge in [0.1, 0.15) is 5.78 Å². The summed E-state index contributed by atoms with van der Waals surface area (Å²) in [4.78, 5) is 26.1. The second-order valence-electron chi connectivity index (χ2n) is 5.62. The number of nitrogens with zero attached hydrogens (tertiary/aromatic N) is 1. The van der Waals surface area contributed by atoms with Crippen molar-refractivity contribution in [2.45, 2.75) is 45.1 Å². The summed E-state index contributed by atoms with van der Waals surface area (Å²) in [5.41, 5.74) is 0. The Morgan fingerprint density at radius 2 is 2.06 bits per heavy atom. The van der Waals surface area contributed by atoms with Crippen molar-refractivity contribution in [2.75, 3.05) is 6.54 Å². The Hall–Kier alpha value is -0.860. The lowest BCUT2D eigenvalue weighted by Crippen LogP contribution is -2.59. The zero-order chi connectivity index (χ0) is 11.3. The highest BCUT2D eigenvalue weighted by Crippen LogP contribution is 2.46. The molecule has 3 heterocycles. The highest BCUT2D eigenvalue weighted by atomic mass is 16.2. The summed E-state index contributed by atoms with van der Waals surface area (Å²) in [6.07, 6.45) is 4.32. The van der Waals surface area contributed by atoms with Crippen molar-refractivity contribution in [1.29, 1.82) is 0 Å². The quantitative estimate of drug-likeness (QED) is 0.674. The summed E-state index contributed by atoms with van der Waals surface area (Å²) in [5, 5.41) is 0. The molecule has 0 aromatic heterocycles. The van der Waals surface area contributed by atoms with Gasteiger partial charge in [-0.25, -0.2) is 0 Å². The van der Waals surface area contributed by atoms with Gasteiger partial charge in [0.15, 0.2) is 0 Å². The van der Waals surface area contributed by atoms with E-state index in [1.165, 1.54) is 6.42 Å². The number of piperidine rings is 2. The minimum atomic E-state index is 0.170. The van der Waals surface area contributed by atoms with Crippen molar-refractivity contribution < 1.29 is 9.59 Å². The summed E-state index contributed by atoms with van der Waals surface area (Å²) in [5.74, 6) is 1.91. The first-order valence-corrected chi connectivity index (χ1v) is 6.53. The van der Waals surface area contributed by atoms with Crippen LogP contribution in [0.25, 0.3) is 0 Å². The van der Waals surface area contributed by atoms with Gasteiger partial charge in [-0.1, -0.05) is 13.3 Å². The molecular weight excluding hydrogens is 202 g/mol. The van der Waals surface area contributed by atoms with Crippen LogP contribution in [0.5, 0.6) is 0 Å². The maximum absolute atomic E-state index is 12.0. The zero-order valence-electron chi connectivity index (χ0n) is 9.82. The molecule has 4 rings (SSSR count). The molecule has 1 aliphatic carbocycles. The Morgan fingerprint density at radius 3 is 2.81 bits per heavy atom. The summed E-state index contributed by atoms with van der Waals surface area (Å²) in [6.45, 7) is 3.11. The van der Waals surface area contributed by atoms with Crippen LogP contribution >= 0.6 is 0 Å². The summed E-state index contributed by atoms with van der Waals surface area (Å²) >= 11 is 0. The van der Waals surface area contributed by atoms with Crippen molar-refractivity contribution in [3.05, 3.63) is 0 Å². The molecule has 4 aliphatic rings. The van der Waals surface area contributed by atoms with Crippen molar-refractivity contribution in [1.82, 2.24) is 4.90 Å². The van der Waals surface area contributed by atoms with Crippen LogP contribution < -0.4 is 0 Å². The highest BCUT2D eigenvalue weighted by Gasteiger charge is 2.51. The predicted octanol–water partition coefficient (Wildman–Crippen LogP) is 1.61. The standard InChI is InChI=1S/C13H19NO2/c1-2-9-5-8-6-10-11(15)3-4-12(16)14(7-8)13(9)10/h8-10,13H,2-7H2,1H3. The number of carbonyl (C=O) groups excluding carboxylic acids is 2. The zero-order valence-corrected chi connectivity index (χ0v) is 9.82. The predicted molar refractivity (Wildman–Crippen MR) is 59.7 cm³/mol. The van der Waals surface area contributed by atoms with Gasteiger partial charge in [-0.2, -0.15) is 0 Å². The van der Waals surface area contributed by atoms with Crippen LogP contribution in [-0.2, 0) is 9.59 Å². The summed E-state index contributed by atoms with van der Waals surface area (Å²) in [6, 6.07) is 0.248. The highest BCUT2D eigenvalue weighted by molar-refractivity contribution is 5.90. The van der Waals surface area contributed by atoms with Crippen molar-refractivity contribution in [3.63, 3.8) is 0 Å². The second kappa shape index (κ2) is 3.57. The molecular formula is C13H19NO2. The molecule has 16 heavy (non-hydrogen) atoms. The average Bonchev–Trinajstić information content (AvgIpc) is 2.41. The Kier molecular flexibility index (Phi) is 2.30. The van der Waals surface area contributed by atoms with E-state index in [-0.39, 0.29) is 17.9 Å². The third-order valence-electron chi connectivity index (χ3n) is 4.78. The van der Waals surface area contributed by atoms with Crippen molar-refractivity contribution in [3.8, 4) is 0 Å². The number of carbonyl (C=O) groups is 2. The number of hydrogen-bond donors (Lipinski definition) is 0. The molecule has 0 N–H and O–H groups in total. The average molecular weight is 221 g/mol. The number of rotatable bonds is 1. The first kappa shape index (κ1) is 10.3. The maximum atomic E-state index is 12.0. The van der Waals surface area contributed by atoms with E-state index in [1.54, 1.807) is 0 Å². The van der Waals surface area contributed by atoms with E-state index in [0.717, 1.165) is 19.4 Å². The van der Waals surface area contributed by atoms with E-state index in [9.17, 15) is 9.59 Å². The van der Waals surface area contributed by atoms with Gasteiger partial charge >= 0.3 is 0 Å². The number of ketones is 1. The Balaban J connectivity index is 1.98. The largest absolute Gasteiger partial charge is 0.338 e. The number of Topliss-reactive ketones (excluding diaryl/α,β-unsaturated/α-hetero) is 1. The van der Waals surface area contributed by atoms with Crippen LogP contribution in [0.3, 0.4) is 0 Å². The number of amides is 1. The first-order valence-electron chi connectivity index (χ1n) is 6.53. The normalized spacial score (nSPS) is 42.4. The van der Waals surface area contributed by atoms with Crippen LogP contribution in [-0.4, -0.2) is 29.2 Å². The van der Waals surface area contributed by atoms with E-state index in [4.69, 9.17) is 0 Å².